The van der Waals surface area contributed by atoms with Crippen LogP contribution in [0.5, 0.6) is 0 Å². The molecular formula is C14H11ClFN3O. The van der Waals surface area contributed by atoms with Crippen LogP contribution in [0.4, 0.5) is 4.39 Å². The van der Waals surface area contributed by atoms with E-state index in [1.807, 2.05) is 0 Å². The van der Waals surface area contributed by atoms with Crippen LogP contribution in [-0.2, 0) is 11.3 Å². The van der Waals surface area contributed by atoms with Crippen LogP contribution in [0.25, 0.3) is 11.1 Å². The quantitative estimate of drug-likeness (QED) is 0.906. The van der Waals surface area contributed by atoms with Gasteiger partial charge in [0.05, 0.1) is 12.2 Å². The van der Waals surface area contributed by atoms with Crippen molar-refractivity contribution in [3.63, 3.8) is 0 Å². The Morgan fingerprint density at radius 2 is 2.20 bits per heavy atom. The summed E-state index contributed by atoms with van der Waals surface area (Å²) in [7, 11) is 0. The average molecular weight is 292 g/mol. The summed E-state index contributed by atoms with van der Waals surface area (Å²) in [5, 5.41) is 0.458. The van der Waals surface area contributed by atoms with Crippen molar-refractivity contribution in [2.45, 2.75) is 6.54 Å². The Bertz CT molecular complexity index is 736. The third kappa shape index (κ3) is 2.00. The Hall–Kier alpha value is -2.14. The van der Waals surface area contributed by atoms with E-state index in [0.717, 1.165) is 0 Å². The summed E-state index contributed by atoms with van der Waals surface area (Å²) in [4.78, 5) is 15.5. The number of rotatable bonds is 2. The molecule has 0 unspecified atom stereocenters. The fourth-order valence-corrected chi connectivity index (χ4v) is 2.68. The predicted octanol–water partition coefficient (Wildman–Crippen LogP) is 2.24. The summed E-state index contributed by atoms with van der Waals surface area (Å²) in [5.41, 5.74) is 7.42. The van der Waals surface area contributed by atoms with Crippen molar-refractivity contribution < 1.29 is 9.18 Å². The molecule has 0 spiro atoms. The lowest BCUT2D eigenvalue weighted by atomic mass is 10.1. The van der Waals surface area contributed by atoms with Gasteiger partial charge in [-0.2, -0.15) is 0 Å². The van der Waals surface area contributed by atoms with Crippen LogP contribution in [-0.4, -0.2) is 22.7 Å². The third-order valence-corrected chi connectivity index (χ3v) is 3.64. The number of fused-ring (bicyclic) bond motifs is 1. The van der Waals surface area contributed by atoms with E-state index in [1.165, 1.54) is 12.1 Å². The molecule has 0 saturated heterocycles. The molecule has 4 nitrogen and oxygen atoms in total. The molecule has 0 atom stereocenters. The number of benzene rings is 1. The number of aliphatic imine (C=N–C) groups is 1. The highest BCUT2D eigenvalue weighted by atomic mass is 35.5. The SMILES string of the molecule is NC(=O)C1=NCCn2c1cc(-c1cccc(F)c1)c2Cl. The minimum atomic E-state index is -0.592. The van der Waals surface area contributed by atoms with E-state index in [9.17, 15) is 9.18 Å². The third-order valence-electron chi connectivity index (χ3n) is 3.24. The summed E-state index contributed by atoms with van der Waals surface area (Å²) >= 11 is 6.33. The molecule has 0 bridgehead atoms. The highest BCUT2D eigenvalue weighted by Crippen LogP contribution is 2.33. The minimum absolute atomic E-state index is 0.209. The Labute approximate surface area is 119 Å². The van der Waals surface area contributed by atoms with E-state index < -0.39 is 5.91 Å². The average Bonchev–Trinajstić information content (AvgIpc) is 2.76. The number of aromatic nitrogens is 1. The Morgan fingerprint density at radius 1 is 1.40 bits per heavy atom. The second-order valence-electron chi connectivity index (χ2n) is 4.49. The lowest BCUT2D eigenvalue weighted by molar-refractivity contribution is -0.112. The summed E-state index contributed by atoms with van der Waals surface area (Å²) in [6.45, 7) is 1.02. The molecule has 1 aliphatic heterocycles. The van der Waals surface area contributed by atoms with Gasteiger partial charge < -0.3 is 10.3 Å². The van der Waals surface area contributed by atoms with E-state index in [0.29, 0.717) is 35.1 Å². The number of carbonyl (C=O) groups is 1. The number of halogens is 2. The van der Waals surface area contributed by atoms with Crippen molar-refractivity contribution in [3.05, 3.63) is 47.0 Å². The van der Waals surface area contributed by atoms with Gasteiger partial charge in [-0.25, -0.2) is 4.39 Å². The van der Waals surface area contributed by atoms with Crippen molar-refractivity contribution in [2.24, 2.45) is 10.7 Å². The van der Waals surface area contributed by atoms with E-state index in [-0.39, 0.29) is 11.5 Å². The Kier molecular flexibility index (Phi) is 3.06. The lowest BCUT2D eigenvalue weighted by Crippen LogP contribution is -2.30. The van der Waals surface area contributed by atoms with Crippen LogP contribution in [0, 0.1) is 5.82 Å². The van der Waals surface area contributed by atoms with Crippen molar-refractivity contribution in [1.82, 2.24) is 4.57 Å². The number of amides is 1. The van der Waals surface area contributed by atoms with Gasteiger partial charge >= 0.3 is 0 Å². The van der Waals surface area contributed by atoms with Crippen LogP contribution in [0.1, 0.15) is 5.69 Å². The number of primary amides is 1. The van der Waals surface area contributed by atoms with E-state index in [2.05, 4.69) is 4.99 Å². The van der Waals surface area contributed by atoms with Gasteiger partial charge in [-0.3, -0.25) is 9.79 Å². The molecule has 1 aromatic heterocycles. The van der Waals surface area contributed by atoms with Gasteiger partial charge in [0, 0.05) is 12.1 Å². The second kappa shape index (κ2) is 4.76. The van der Waals surface area contributed by atoms with Crippen molar-refractivity contribution in [3.8, 4) is 11.1 Å². The Morgan fingerprint density at radius 3 is 2.90 bits per heavy atom. The van der Waals surface area contributed by atoms with Crippen LogP contribution >= 0.6 is 11.6 Å². The molecule has 3 rings (SSSR count). The Balaban J connectivity index is 2.17. The first kappa shape index (κ1) is 12.9. The maximum Gasteiger partial charge on any atom is 0.269 e. The van der Waals surface area contributed by atoms with Gasteiger partial charge in [-0.05, 0) is 23.8 Å². The predicted molar refractivity (Wildman–Crippen MR) is 75.4 cm³/mol. The van der Waals surface area contributed by atoms with Crippen LogP contribution < -0.4 is 5.73 Å². The zero-order valence-electron chi connectivity index (χ0n) is 10.4. The molecule has 1 aliphatic rings. The molecule has 1 amide bonds. The highest BCUT2D eigenvalue weighted by Gasteiger charge is 2.24. The number of hydrogen-bond donors (Lipinski definition) is 1. The standard InChI is InChI=1S/C14H11ClFN3O/c15-13-10(8-2-1-3-9(16)6-8)7-11-12(14(17)20)18-4-5-19(11)13/h1-3,6-7H,4-5H2,(H2,17,20). The summed E-state index contributed by atoms with van der Waals surface area (Å²) in [5.74, 6) is -0.933. The van der Waals surface area contributed by atoms with Gasteiger partial charge in [0.1, 0.15) is 16.7 Å². The van der Waals surface area contributed by atoms with Crippen molar-refractivity contribution in [2.75, 3.05) is 6.54 Å². The monoisotopic (exact) mass is 291 g/mol. The zero-order valence-corrected chi connectivity index (χ0v) is 11.2. The topological polar surface area (TPSA) is 60.4 Å². The van der Waals surface area contributed by atoms with E-state index in [1.54, 1.807) is 22.8 Å². The molecule has 0 aliphatic carbocycles. The summed E-state index contributed by atoms with van der Waals surface area (Å²) in [6.07, 6.45) is 0. The first-order valence-electron chi connectivity index (χ1n) is 6.07. The highest BCUT2D eigenvalue weighted by molar-refractivity contribution is 6.45. The largest absolute Gasteiger partial charge is 0.364 e. The molecule has 0 radical (unpaired) electrons. The maximum absolute atomic E-state index is 13.3. The van der Waals surface area contributed by atoms with Crippen molar-refractivity contribution in [1.29, 1.82) is 0 Å². The summed E-state index contributed by atoms with van der Waals surface area (Å²) in [6, 6.07) is 7.86. The zero-order chi connectivity index (χ0) is 14.3. The maximum atomic E-state index is 13.3. The fraction of sp³-hybridized carbons (Fsp3) is 0.143. The van der Waals surface area contributed by atoms with Crippen LogP contribution in [0.2, 0.25) is 5.15 Å². The fourth-order valence-electron chi connectivity index (χ4n) is 2.35. The lowest BCUT2D eigenvalue weighted by Gasteiger charge is -2.14. The van der Waals surface area contributed by atoms with Gasteiger partial charge in [-0.1, -0.05) is 23.7 Å². The van der Waals surface area contributed by atoms with E-state index in [4.69, 9.17) is 17.3 Å². The molecule has 20 heavy (non-hydrogen) atoms. The van der Waals surface area contributed by atoms with Crippen LogP contribution in [0.3, 0.4) is 0 Å². The molecule has 6 heteroatoms. The molecule has 2 aromatic rings. The van der Waals surface area contributed by atoms with Gasteiger partial charge in [0.2, 0.25) is 0 Å². The summed E-state index contributed by atoms with van der Waals surface area (Å²) < 4.78 is 15.1. The van der Waals surface area contributed by atoms with Gasteiger partial charge in [0.25, 0.3) is 5.91 Å². The first-order chi connectivity index (χ1) is 9.58. The number of nitrogens with zero attached hydrogens (tertiary/aromatic N) is 2. The molecule has 2 N–H and O–H groups in total. The molecule has 1 aromatic carbocycles. The molecule has 102 valence electrons. The smallest absolute Gasteiger partial charge is 0.269 e. The first-order valence-corrected chi connectivity index (χ1v) is 6.45. The number of carbonyl (C=O) groups excluding carboxylic acids is 1. The van der Waals surface area contributed by atoms with Crippen LogP contribution in [0.15, 0.2) is 35.3 Å². The van der Waals surface area contributed by atoms with Gasteiger partial charge in [0.15, 0.2) is 0 Å². The second-order valence-corrected chi connectivity index (χ2v) is 4.85. The normalized spacial score (nSPS) is 13.8. The number of nitrogens with two attached hydrogens (primary N) is 1. The molecule has 2 heterocycles. The van der Waals surface area contributed by atoms with Gasteiger partial charge in [-0.15, -0.1) is 0 Å². The molecule has 0 saturated carbocycles. The van der Waals surface area contributed by atoms with Crippen molar-refractivity contribution >= 4 is 23.2 Å². The number of hydrogen-bond acceptors (Lipinski definition) is 2. The minimum Gasteiger partial charge on any atom is -0.364 e. The molecule has 0 fully saturated rings. The van der Waals surface area contributed by atoms with E-state index >= 15 is 0 Å². The molecular weight excluding hydrogens is 281 g/mol.